The molecule has 0 aliphatic carbocycles. The number of nitrogens with zero attached hydrogens (tertiary/aromatic N) is 5. The molecule has 0 saturated carbocycles. The zero-order valence-electron chi connectivity index (χ0n) is 9.77. The second-order valence-corrected chi connectivity index (χ2v) is 4.52. The molecule has 2 heterocycles. The van der Waals surface area contributed by atoms with Crippen molar-refractivity contribution in [3.63, 3.8) is 0 Å². The summed E-state index contributed by atoms with van der Waals surface area (Å²) in [5.74, 6) is 0.161. The summed E-state index contributed by atoms with van der Waals surface area (Å²) in [6.07, 6.45) is 1.61. The third-order valence-electron chi connectivity index (χ3n) is 2.15. The molecule has 0 spiro atoms. The molecule has 0 fully saturated rings. The van der Waals surface area contributed by atoms with E-state index in [0.717, 1.165) is 11.8 Å². The second-order valence-electron chi connectivity index (χ2n) is 3.57. The number of hydrogen-bond acceptors (Lipinski definition) is 7. The Bertz CT molecular complexity index is 552. The Labute approximate surface area is 106 Å². The molecule has 0 radical (unpaired) electrons. The van der Waals surface area contributed by atoms with Gasteiger partial charge < -0.3 is 9.52 Å². The summed E-state index contributed by atoms with van der Waals surface area (Å²) in [5, 5.41) is 20.2. The number of aryl methyl sites for hydroxylation is 1. The Kier molecular flexibility index (Phi) is 3.60. The average Bonchev–Trinajstić information content (AvgIpc) is 2.93. The number of carboxylic acids is 1. The molecule has 1 N–H and O–H groups in total. The van der Waals surface area contributed by atoms with Crippen LogP contribution in [0.1, 0.15) is 24.6 Å². The summed E-state index contributed by atoms with van der Waals surface area (Å²) >= 11 is 1.05. The summed E-state index contributed by atoms with van der Waals surface area (Å²) < 4.78 is 6.88. The highest BCUT2D eigenvalue weighted by Crippen LogP contribution is 2.22. The third-order valence-corrected chi connectivity index (χ3v) is 3.07. The van der Waals surface area contributed by atoms with Crippen LogP contribution in [0.3, 0.4) is 0 Å². The zero-order valence-corrected chi connectivity index (χ0v) is 10.6. The summed E-state index contributed by atoms with van der Waals surface area (Å²) in [7, 11) is 0. The van der Waals surface area contributed by atoms with Crippen molar-refractivity contribution in [3.8, 4) is 0 Å². The first-order valence-electron chi connectivity index (χ1n) is 5.12. The number of carbonyl (C=O) groups is 1. The Morgan fingerprint density at radius 1 is 1.67 bits per heavy atom. The van der Waals surface area contributed by atoms with Crippen molar-refractivity contribution in [2.75, 3.05) is 5.75 Å². The van der Waals surface area contributed by atoms with E-state index in [2.05, 4.69) is 20.5 Å². The number of aliphatic carboxylic acids is 1. The SMILES string of the molecule is Cc1cnc(C(C)n2nnnc2SCC(=O)O)o1. The number of thioether (sulfide) groups is 1. The lowest BCUT2D eigenvalue weighted by atomic mass is 10.3. The molecule has 2 aromatic rings. The standard InChI is InChI=1S/C9H11N5O3S/c1-5-3-10-8(17-5)6(2)14-9(11-12-13-14)18-4-7(15)16/h3,6H,4H2,1-2H3,(H,15,16). The van der Waals surface area contributed by atoms with Gasteiger partial charge in [0.2, 0.25) is 11.0 Å². The minimum Gasteiger partial charge on any atom is -0.481 e. The minimum atomic E-state index is -0.922. The largest absolute Gasteiger partial charge is 0.481 e. The fourth-order valence-corrected chi connectivity index (χ4v) is 1.99. The van der Waals surface area contributed by atoms with Crippen LogP contribution in [-0.2, 0) is 4.79 Å². The van der Waals surface area contributed by atoms with Crippen molar-refractivity contribution in [2.45, 2.75) is 25.0 Å². The maximum Gasteiger partial charge on any atom is 0.313 e. The molecule has 0 aliphatic heterocycles. The minimum absolute atomic E-state index is 0.0995. The predicted molar refractivity (Wildman–Crippen MR) is 61.2 cm³/mol. The molecule has 0 amide bonds. The molecule has 9 heteroatoms. The number of aromatic nitrogens is 5. The summed E-state index contributed by atoms with van der Waals surface area (Å²) in [6.45, 7) is 3.62. The zero-order chi connectivity index (χ0) is 13.1. The number of carboxylic acid groups (broad SMARTS) is 1. The van der Waals surface area contributed by atoms with E-state index >= 15 is 0 Å². The van der Waals surface area contributed by atoms with Crippen molar-refractivity contribution < 1.29 is 14.3 Å². The molecule has 1 unspecified atom stereocenters. The average molecular weight is 269 g/mol. The van der Waals surface area contributed by atoms with Crippen LogP contribution in [0, 0.1) is 6.92 Å². The molecule has 0 bridgehead atoms. The van der Waals surface area contributed by atoms with Crippen molar-refractivity contribution >= 4 is 17.7 Å². The Morgan fingerprint density at radius 3 is 3.06 bits per heavy atom. The van der Waals surface area contributed by atoms with Crippen LogP contribution in [0.25, 0.3) is 0 Å². The van der Waals surface area contributed by atoms with Gasteiger partial charge in [-0.25, -0.2) is 9.67 Å². The molecule has 18 heavy (non-hydrogen) atoms. The van der Waals surface area contributed by atoms with Gasteiger partial charge in [-0.15, -0.1) is 5.10 Å². The van der Waals surface area contributed by atoms with Crippen molar-refractivity contribution in [2.24, 2.45) is 0 Å². The van der Waals surface area contributed by atoms with Crippen LogP contribution in [-0.4, -0.2) is 42.0 Å². The second kappa shape index (κ2) is 5.17. The van der Waals surface area contributed by atoms with Crippen LogP contribution >= 0.6 is 11.8 Å². The van der Waals surface area contributed by atoms with Crippen molar-refractivity contribution in [3.05, 3.63) is 17.8 Å². The van der Waals surface area contributed by atoms with Gasteiger partial charge in [0.1, 0.15) is 11.8 Å². The first-order valence-corrected chi connectivity index (χ1v) is 6.11. The maximum absolute atomic E-state index is 10.5. The fourth-order valence-electron chi connectivity index (χ4n) is 1.32. The molecule has 8 nitrogen and oxygen atoms in total. The molecule has 2 aromatic heterocycles. The number of hydrogen-bond donors (Lipinski definition) is 1. The first-order chi connectivity index (χ1) is 8.58. The number of oxazole rings is 1. The smallest absolute Gasteiger partial charge is 0.313 e. The maximum atomic E-state index is 10.5. The van der Waals surface area contributed by atoms with E-state index in [9.17, 15) is 4.79 Å². The highest BCUT2D eigenvalue weighted by molar-refractivity contribution is 7.99. The van der Waals surface area contributed by atoms with Gasteiger partial charge in [0.25, 0.3) is 0 Å². The first kappa shape index (κ1) is 12.6. The van der Waals surface area contributed by atoms with Gasteiger partial charge >= 0.3 is 5.97 Å². The van der Waals surface area contributed by atoms with E-state index in [-0.39, 0.29) is 11.8 Å². The molecule has 2 rings (SSSR count). The Balaban J connectivity index is 2.17. The summed E-state index contributed by atoms with van der Waals surface area (Å²) in [6, 6.07) is -0.287. The molecule has 1 atom stereocenters. The van der Waals surface area contributed by atoms with Gasteiger partial charge in [-0.1, -0.05) is 11.8 Å². The predicted octanol–water partition coefficient (Wildman–Crippen LogP) is 0.756. The molecule has 0 aliphatic rings. The monoisotopic (exact) mass is 269 g/mol. The lowest BCUT2D eigenvalue weighted by molar-refractivity contribution is -0.133. The molecule has 0 saturated heterocycles. The normalized spacial score (nSPS) is 12.6. The van der Waals surface area contributed by atoms with E-state index < -0.39 is 5.97 Å². The van der Waals surface area contributed by atoms with Gasteiger partial charge in [-0.2, -0.15) is 0 Å². The lowest BCUT2D eigenvalue weighted by Crippen LogP contribution is -2.11. The van der Waals surface area contributed by atoms with Gasteiger partial charge in [0.15, 0.2) is 0 Å². The summed E-state index contributed by atoms with van der Waals surface area (Å²) in [5.41, 5.74) is 0. The van der Waals surface area contributed by atoms with Crippen LogP contribution in [0.4, 0.5) is 0 Å². The van der Waals surface area contributed by atoms with E-state index in [4.69, 9.17) is 9.52 Å². The lowest BCUT2D eigenvalue weighted by Gasteiger charge is -2.08. The highest BCUT2D eigenvalue weighted by atomic mass is 32.2. The van der Waals surface area contributed by atoms with Gasteiger partial charge in [0.05, 0.1) is 11.9 Å². The summed E-state index contributed by atoms with van der Waals surface area (Å²) in [4.78, 5) is 14.6. The quantitative estimate of drug-likeness (QED) is 0.792. The van der Waals surface area contributed by atoms with Crippen molar-refractivity contribution in [1.82, 2.24) is 25.2 Å². The fraction of sp³-hybridized carbons (Fsp3) is 0.444. The third kappa shape index (κ3) is 2.67. The number of rotatable bonds is 5. The highest BCUT2D eigenvalue weighted by Gasteiger charge is 2.19. The van der Waals surface area contributed by atoms with Crippen LogP contribution < -0.4 is 0 Å². The van der Waals surface area contributed by atoms with Crippen LogP contribution in [0.2, 0.25) is 0 Å². The molecular formula is C9H11N5O3S. The van der Waals surface area contributed by atoms with E-state index in [1.54, 1.807) is 13.1 Å². The molecule has 96 valence electrons. The van der Waals surface area contributed by atoms with Gasteiger partial charge in [0, 0.05) is 0 Å². The van der Waals surface area contributed by atoms with Crippen molar-refractivity contribution in [1.29, 1.82) is 0 Å². The van der Waals surface area contributed by atoms with E-state index in [0.29, 0.717) is 16.8 Å². The van der Waals surface area contributed by atoms with E-state index in [1.165, 1.54) is 4.68 Å². The molecule has 0 aromatic carbocycles. The Morgan fingerprint density at radius 2 is 2.44 bits per heavy atom. The topological polar surface area (TPSA) is 107 Å². The van der Waals surface area contributed by atoms with Gasteiger partial charge in [-0.05, 0) is 24.3 Å². The van der Waals surface area contributed by atoms with Crippen LogP contribution in [0.5, 0.6) is 0 Å². The molecular weight excluding hydrogens is 258 g/mol. The Hall–Kier alpha value is -1.90. The van der Waals surface area contributed by atoms with E-state index in [1.807, 2.05) is 6.92 Å². The van der Waals surface area contributed by atoms with Gasteiger partial charge in [-0.3, -0.25) is 4.79 Å². The number of tetrazole rings is 1. The van der Waals surface area contributed by atoms with Crippen LogP contribution in [0.15, 0.2) is 15.8 Å².